The molecule has 7 aromatic heterocycles. The number of rotatable bonds is 29. The van der Waals surface area contributed by atoms with Crippen LogP contribution in [0.1, 0.15) is 218 Å². The first-order valence-electron chi connectivity index (χ1n) is 41.9. The number of hydrogen-bond donors (Lipinski definition) is 4. The van der Waals surface area contributed by atoms with Crippen LogP contribution >= 0.6 is 148 Å². The monoisotopic (exact) mass is 2350 g/mol. The summed E-state index contributed by atoms with van der Waals surface area (Å²) in [6.07, 6.45) is 6.68. The van der Waals surface area contributed by atoms with E-state index in [0.717, 1.165) is 72.7 Å². The summed E-state index contributed by atoms with van der Waals surface area (Å²) in [5.41, 5.74) is -1.26. The Balaban J connectivity index is -0.000000783. The molecule has 2 aliphatic rings. The van der Waals surface area contributed by atoms with Crippen LogP contribution < -0.4 is 52.8 Å². The van der Waals surface area contributed by atoms with E-state index >= 15 is 0 Å². The van der Waals surface area contributed by atoms with Crippen molar-refractivity contribution in [3.05, 3.63) is 249 Å². The molecule has 30 nitrogen and oxygen atoms in total. The topological polar surface area (TPSA) is 401 Å². The first-order chi connectivity index (χ1) is 65.6. The first-order valence-corrected chi connectivity index (χ1v) is 47.5. The number of esters is 2. The van der Waals surface area contributed by atoms with E-state index in [1.807, 2.05) is 42.5 Å². The van der Waals surface area contributed by atoms with Crippen LogP contribution in [0.2, 0.25) is 51.4 Å². The minimum absolute atomic E-state index is 0. The van der Waals surface area contributed by atoms with Gasteiger partial charge in [0.25, 0.3) is 0 Å². The van der Waals surface area contributed by atoms with Gasteiger partial charge < -0.3 is 77.1 Å². The zero-order chi connectivity index (χ0) is 104. The van der Waals surface area contributed by atoms with Crippen molar-refractivity contribution in [2.24, 2.45) is 5.92 Å². The third-order valence-electron chi connectivity index (χ3n) is 18.2. The molecule has 1 aliphatic heterocycles. The number of H-pyrrole nitrogens is 1. The van der Waals surface area contributed by atoms with Gasteiger partial charge in [0.2, 0.25) is 29.4 Å². The van der Waals surface area contributed by atoms with Crippen molar-refractivity contribution in [1.29, 1.82) is 0 Å². The number of Topliss-reactive ketones (excluding diaryl/α,β-unsaturated/α-hetero) is 2. The van der Waals surface area contributed by atoms with Crippen LogP contribution in [0.15, 0.2) is 153 Å². The molecule has 1 aliphatic carbocycles. The van der Waals surface area contributed by atoms with E-state index in [1.54, 1.807) is 87.7 Å². The zero-order valence-electron chi connectivity index (χ0n) is 78.0. The van der Waals surface area contributed by atoms with Gasteiger partial charge in [0.1, 0.15) is 98.6 Å². The summed E-state index contributed by atoms with van der Waals surface area (Å²) in [6, 6.07) is 39.0. The van der Waals surface area contributed by atoms with Crippen LogP contribution in [0.4, 0.5) is 4.39 Å². The van der Waals surface area contributed by atoms with Crippen molar-refractivity contribution in [3.8, 4) is 58.1 Å². The molecule has 0 bridgehead atoms. The fraction of sp³-hybridized carbons (Fsp3) is 0.408. The number of fused-ring (bicyclic) bond motifs is 3. The fourth-order valence-corrected chi connectivity index (χ4v) is 15.0. The Kier molecular flexibility index (Phi) is 72.6. The van der Waals surface area contributed by atoms with Gasteiger partial charge in [-0.1, -0.05) is 293 Å². The number of ether oxygens (including phenoxy) is 12. The second-order valence-corrected chi connectivity index (χ2v) is 33.7. The molecule has 8 heterocycles. The maximum atomic E-state index is 13.1. The molecular formula is C98H126Br2Cl10FMnN7O23. The molecule has 1 fully saturated rings. The molecule has 0 amide bonds. The molecule has 12 rings (SSSR count). The number of aromatic amines is 1. The number of aliphatic hydroxyl groups excluding tert-OH is 2. The molecule has 1 unspecified atom stereocenters. The summed E-state index contributed by atoms with van der Waals surface area (Å²) in [7, 11) is 7.47. The summed E-state index contributed by atoms with van der Waals surface area (Å²) in [4.78, 5) is 93.0. The van der Waals surface area contributed by atoms with E-state index in [9.17, 15) is 48.5 Å². The Morgan fingerprint density at radius 3 is 1.38 bits per heavy atom. The number of nitrogens with zero attached hydrogens (tertiary/aromatic N) is 6. The Bertz CT molecular complexity index is 5490. The number of halogens is 13. The number of hydrogen-bond acceptors (Lipinski definition) is 29. The molecule has 0 saturated heterocycles. The molecule has 789 valence electrons. The Labute approximate surface area is 905 Å². The van der Waals surface area contributed by atoms with E-state index in [0.29, 0.717) is 126 Å². The van der Waals surface area contributed by atoms with Crippen molar-refractivity contribution in [2.75, 3.05) is 82.8 Å². The van der Waals surface area contributed by atoms with Gasteiger partial charge in [-0.05, 0) is 101 Å². The van der Waals surface area contributed by atoms with Gasteiger partial charge >= 0.3 is 34.4 Å². The first kappa shape index (κ1) is 137. The Morgan fingerprint density at radius 1 is 0.556 bits per heavy atom. The molecule has 6 atom stereocenters. The Hall–Kier alpha value is -8.75. The third kappa shape index (κ3) is 45.1. The number of carbonyl (C=O) groups excluding carboxylic acids is 5. The summed E-state index contributed by atoms with van der Waals surface area (Å²) < 4.78 is 97.6. The predicted octanol–water partition coefficient (Wildman–Crippen LogP) is 27.2. The van der Waals surface area contributed by atoms with Gasteiger partial charge in [0.15, 0.2) is 28.2 Å². The number of aromatic nitrogens is 7. The average Bonchev–Trinajstić information content (AvgIpc) is 1.49. The standard InChI is InChI=1S/C25H21BrClNO6.C12H18ClNO3.C12H16ClNO3.C10H14ClNO2.C9H11Cl2NO.C8H8ClNO3.C7H5BrO.C5H2Cl3N.C4H8O2.CH3F.5CH4.Mn.2O/c1-32-22-20-16(12-17(27)28-22)34-25(14-8-10-15(26)11-9-14)19(13-6-4-3-5-7-13)18(23(30)33-2)21(29)24(20,25)31;2*1-4-5-6-17-9-7-10(13)14-12(16-3)11(9)8(2)15;1-3-4-5-14-8-6-9(11)12-10(7-8)13-2;1-2-3-4-13-7-5-8(10)12-9(11)6-7;1-4(11)7-5(12)3-6(9)10-8(7)13-2;8-7-3-1-6(5-9)2-4-7;6-3-1-4(7)9-5(8)2-3;1-3-6-4(2)5;1-2;;;;;;;;/h3-12,18-19,21,29,31H,1-2H3;7-8,15H,4-6H2,1-3H3;7H,4-6H2,1-3H3;6-7H,3-5H2,1-2H3;5-6H,2-4H2,1H3;3H,1-2H3,(H,10,12);1-5H;1-2H;3H2,1-2H3;1H3;5*1H4;;;/t18-,19-,21-,24+,25+;;;;;;;;;;;;;;;;;/m1................./s1/i;;;;;;;;;1D;;;;;;;;. The Morgan fingerprint density at radius 2 is 0.972 bits per heavy atom. The van der Waals surface area contributed by atoms with Gasteiger partial charge in [-0.3, -0.25) is 33.2 Å². The number of pyridine rings is 7. The quantitative estimate of drug-likeness (QED) is 0.00844. The molecule has 0 radical (unpaired) electrons. The number of carbonyl (C=O) groups is 5. The molecule has 4 N–H and O–H groups in total. The van der Waals surface area contributed by atoms with Gasteiger partial charge in [-0.2, -0.15) is 0 Å². The maximum absolute atomic E-state index is 13.1. The summed E-state index contributed by atoms with van der Waals surface area (Å²) >= 11 is 62.4. The van der Waals surface area contributed by atoms with Crippen LogP contribution in [-0.2, 0) is 52.8 Å². The third-order valence-corrected chi connectivity index (χ3v) is 21.2. The fourth-order valence-electron chi connectivity index (χ4n) is 12.4. The van der Waals surface area contributed by atoms with Gasteiger partial charge in [-0.15, -0.1) is 0 Å². The number of alkyl halides is 1. The van der Waals surface area contributed by atoms with E-state index in [1.165, 1.54) is 80.6 Å². The second kappa shape index (κ2) is 75.0. The zero-order valence-corrected chi connectivity index (χ0v) is 89.0. The number of methoxy groups -OCH3 is 6. The SMILES string of the molecule is C.C.C.C.C.CCCCOc1cc(Cl)nc(Cl)c1.CCCCOc1cc(Cl)nc(OC)c1.CCCCOc1cc(Cl)nc(OC)c1C(C)=O.CCCCOc1cc(Cl)nc(OC)c1C(C)O.CCOC(C)=O.COC(=O)[C@H]1[C@@H](O)[C@@]2(O)c3c(cc(Cl)nc3OC)O[C@@]2(c2ccc(Br)cc2)[C@@H]1c1ccccc1.COc1[nH]c(Cl)cc(=O)c1C(C)=O.Clc1cc(Cl)nc(Cl)c1.O=Cc1ccc(Br)cc1.[2H]CF.[O]=[Mn]=[O]. The van der Waals surface area contributed by atoms with Gasteiger partial charge in [0, 0.05) is 80.9 Å². The summed E-state index contributed by atoms with van der Waals surface area (Å²) in [5.74, 6) is 0.265. The number of ketones is 2. The molecule has 3 aromatic carbocycles. The summed E-state index contributed by atoms with van der Waals surface area (Å²) in [5, 5.41) is 37.0. The number of aliphatic hydroxyl groups is 3. The van der Waals surface area contributed by atoms with E-state index in [-0.39, 0.29) is 110 Å². The molecule has 10 aromatic rings. The summed E-state index contributed by atoms with van der Waals surface area (Å²) in [6.45, 7) is 18.9. The van der Waals surface area contributed by atoms with Crippen LogP contribution in [0.25, 0.3) is 0 Å². The van der Waals surface area contributed by atoms with Crippen LogP contribution in [-0.4, -0.2) is 169 Å². The van der Waals surface area contributed by atoms with E-state index < -0.39 is 68.6 Å². The molecule has 142 heavy (non-hydrogen) atoms. The van der Waals surface area contributed by atoms with Crippen molar-refractivity contribution < 1.29 is 124 Å². The number of benzene rings is 3. The van der Waals surface area contributed by atoms with Crippen molar-refractivity contribution in [3.63, 3.8) is 0 Å². The average molecular weight is 2360 g/mol. The minimum atomic E-state index is -2.13. The van der Waals surface area contributed by atoms with Crippen LogP contribution in [0.3, 0.4) is 0 Å². The molecule has 44 heteroatoms. The van der Waals surface area contributed by atoms with Crippen molar-refractivity contribution >= 4 is 178 Å². The van der Waals surface area contributed by atoms with Gasteiger partial charge in [0.05, 0.1) is 107 Å². The van der Waals surface area contributed by atoms with Gasteiger partial charge in [-0.25, -0.2) is 29.9 Å². The molecule has 1 saturated carbocycles. The molecule has 0 spiro atoms. The van der Waals surface area contributed by atoms with E-state index in [4.69, 9.17) is 177 Å². The predicted molar refractivity (Wildman–Crippen MR) is 563 cm³/mol. The number of aldehydes is 1. The normalized spacial score (nSPS) is 14.2. The molecular weight excluding hydrogens is 2230 g/mol. The van der Waals surface area contributed by atoms with Crippen LogP contribution in [0.5, 0.6) is 58.1 Å². The van der Waals surface area contributed by atoms with Crippen molar-refractivity contribution in [2.45, 2.75) is 180 Å². The number of nitrogens with one attached hydrogen (secondary N) is 1. The van der Waals surface area contributed by atoms with Crippen LogP contribution in [0, 0.1) is 5.92 Å². The number of unbranched alkanes of at least 4 members (excludes halogenated alkanes) is 4. The second-order valence-electron chi connectivity index (χ2n) is 27.7. The van der Waals surface area contributed by atoms with E-state index in [2.05, 4.69) is 99.2 Å². The van der Waals surface area contributed by atoms with Crippen molar-refractivity contribution in [1.82, 2.24) is 34.9 Å².